The first-order valence-electron chi connectivity index (χ1n) is 14.7. The van der Waals surface area contributed by atoms with E-state index in [2.05, 4.69) is 21.3 Å². The van der Waals surface area contributed by atoms with Gasteiger partial charge >= 0.3 is 5.97 Å². The predicted octanol–water partition coefficient (Wildman–Crippen LogP) is -1.24. The van der Waals surface area contributed by atoms with Gasteiger partial charge in [0.1, 0.15) is 30.2 Å². The van der Waals surface area contributed by atoms with Crippen molar-refractivity contribution >= 4 is 41.4 Å². The molecule has 8 N–H and O–H groups in total. The van der Waals surface area contributed by atoms with Crippen molar-refractivity contribution in [1.29, 1.82) is 0 Å². The number of rotatable bonds is 17. The van der Waals surface area contributed by atoms with Crippen molar-refractivity contribution in [3.63, 3.8) is 0 Å². The number of carbonyl (C=O) groups is 7. The molecule has 1 heterocycles. The summed E-state index contributed by atoms with van der Waals surface area (Å²) in [4.78, 5) is 89.2. The van der Waals surface area contributed by atoms with E-state index in [0.717, 1.165) is 0 Å². The third-order valence-corrected chi connectivity index (χ3v) is 7.45. The lowest BCUT2D eigenvalue weighted by molar-refractivity contribution is -0.143. The van der Waals surface area contributed by atoms with E-state index in [9.17, 15) is 43.8 Å². The number of aliphatic hydroxyl groups is 1. The van der Waals surface area contributed by atoms with Gasteiger partial charge in [0.15, 0.2) is 0 Å². The number of nitrogens with zero attached hydrogens (tertiary/aromatic N) is 1. The average molecular weight is 613 g/mol. The average Bonchev–Trinajstić information content (AvgIpc) is 3.41. The fourth-order valence-electron chi connectivity index (χ4n) is 4.80. The van der Waals surface area contributed by atoms with Crippen LogP contribution in [0.2, 0.25) is 0 Å². The molecule has 0 unspecified atom stereocenters. The molecule has 0 aromatic carbocycles. The molecule has 1 aliphatic heterocycles. The van der Waals surface area contributed by atoms with E-state index in [0.29, 0.717) is 25.8 Å². The summed E-state index contributed by atoms with van der Waals surface area (Å²) in [6.45, 7) is 9.98. The standard InChI is InChI=1S/C28H48N6O9/c1-7-15(4)22(26(40)33-23(16(5)35)27(41)31-19(28(42)43)13-14(2)3)32-24(38)18(10-11-21(29)37)30-25(39)20-9-8-12-34(20)17(6)36/h14-16,18-20,22-23,35H,7-13H2,1-6H3,(H2,29,37)(H,30,39)(H,31,41)(H,32,38)(H,33,40)(H,42,43)/t15-,16+,18-,19-,20-,22-,23-/m0/s1. The molecular weight excluding hydrogens is 564 g/mol. The lowest BCUT2D eigenvalue weighted by atomic mass is 9.96. The zero-order chi connectivity index (χ0) is 33.0. The third-order valence-electron chi connectivity index (χ3n) is 7.45. The fraction of sp³-hybridized carbons (Fsp3) is 0.750. The quantitative estimate of drug-likeness (QED) is 0.104. The highest BCUT2D eigenvalue weighted by atomic mass is 16.4. The van der Waals surface area contributed by atoms with Crippen molar-refractivity contribution in [3.8, 4) is 0 Å². The summed E-state index contributed by atoms with van der Waals surface area (Å²) in [5.41, 5.74) is 5.27. The van der Waals surface area contributed by atoms with E-state index < -0.39 is 77.7 Å². The highest BCUT2D eigenvalue weighted by Crippen LogP contribution is 2.18. The van der Waals surface area contributed by atoms with Gasteiger partial charge in [0.2, 0.25) is 35.4 Å². The van der Waals surface area contributed by atoms with Gasteiger partial charge in [-0.25, -0.2) is 4.79 Å². The van der Waals surface area contributed by atoms with Gasteiger partial charge in [-0.15, -0.1) is 0 Å². The Labute approximate surface area is 252 Å². The van der Waals surface area contributed by atoms with E-state index >= 15 is 0 Å². The molecule has 7 atom stereocenters. The number of likely N-dealkylation sites (tertiary alicyclic amines) is 1. The number of amides is 6. The molecule has 6 amide bonds. The van der Waals surface area contributed by atoms with Crippen molar-refractivity contribution in [3.05, 3.63) is 0 Å². The molecule has 244 valence electrons. The van der Waals surface area contributed by atoms with Crippen LogP contribution >= 0.6 is 0 Å². The largest absolute Gasteiger partial charge is 0.480 e. The van der Waals surface area contributed by atoms with Gasteiger partial charge in [0.25, 0.3) is 0 Å². The van der Waals surface area contributed by atoms with Crippen LogP contribution in [0.5, 0.6) is 0 Å². The Kier molecular flexibility index (Phi) is 15.1. The van der Waals surface area contributed by atoms with E-state index in [1.54, 1.807) is 27.7 Å². The summed E-state index contributed by atoms with van der Waals surface area (Å²) in [6.07, 6.45) is -0.288. The SMILES string of the molecule is CC[C@H](C)[C@H](NC(=O)[C@H](CCC(N)=O)NC(=O)[C@@H]1CCCN1C(C)=O)C(=O)N[C@H](C(=O)N[C@@H](CC(C)C)C(=O)O)[C@@H](C)O. The Balaban J connectivity index is 3.15. The minimum Gasteiger partial charge on any atom is -0.480 e. The Morgan fingerprint density at radius 3 is 1.95 bits per heavy atom. The van der Waals surface area contributed by atoms with Crippen LogP contribution in [0.15, 0.2) is 0 Å². The van der Waals surface area contributed by atoms with Gasteiger partial charge in [0, 0.05) is 19.9 Å². The molecule has 0 aromatic rings. The Morgan fingerprint density at radius 1 is 0.884 bits per heavy atom. The first-order valence-corrected chi connectivity index (χ1v) is 14.7. The number of primary amides is 1. The molecule has 0 spiro atoms. The van der Waals surface area contributed by atoms with Crippen molar-refractivity contribution < 1.29 is 43.8 Å². The molecule has 0 bridgehead atoms. The number of nitrogens with two attached hydrogens (primary N) is 1. The highest BCUT2D eigenvalue weighted by molar-refractivity contribution is 5.96. The van der Waals surface area contributed by atoms with Gasteiger partial charge in [-0.05, 0) is 44.4 Å². The smallest absolute Gasteiger partial charge is 0.326 e. The molecule has 0 aromatic heterocycles. The summed E-state index contributed by atoms with van der Waals surface area (Å²) in [5, 5.41) is 29.7. The number of aliphatic carboxylic acids is 1. The maximum atomic E-state index is 13.4. The molecule has 1 fully saturated rings. The predicted molar refractivity (Wildman–Crippen MR) is 155 cm³/mol. The molecule has 15 nitrogen and oxygen atoms in total. The lowest BCUT2D eigenvalue weighted by Crippen LogP contribution is -2.61. The number of hydrogen-bond acceptors (Lipinski definition) is 8. The lowest BCUT2D eigenvalue weighted by Gasteiger charge is -2.30. The first-order chi connectivity index (χ1) is 20.0. The molecule has 43 heavy (non-hydrogen) atoms. The zero-order valence-corrected chi connectivity index (χ0v) is 25.8. The summed E-state index contributed by atoms with van der Waals surface area (Å²) in [7, 11) is 0. The van der Waals surface area contributed by atoms with Crippen LogP contribution in [0.4, 0.5) is 0 Å². The van der Waals surface area contributed by atoms with Crippen LogP contribution in [-0.4, -0.2) is 99.4 Å². The van der Waals surface area contributed by atoms with E-state index in [4.69, 9.17) is 5.73 Å². The summed E-state index contributed by atoms with van der Waals surface area (Å²) >= 11 is 0. The summed E-state index contributed by atoms with van der Waals surface area (Å²) < 4.78 is 0. The molecule has 0 aliphatic carbocycles. The van der Waals surface area contributed by atoms with E-state index in [1.807, 2.05) is 0 Å². The second-order valence-electron chi connectivity index (χ2n) is 11.6. The second-order valence-corrected chi connectivity index (χ2v) is 11.6. The van der Waals surface area contributed by atoms with E-state index in [1.165, 1.54) is 18.7 Å². The van der Waals surface area contributed by atoms with Crippen molar-refractivity contribution in [2.45, 2.75) is 116 Å². The van der Waals surface area contributed by atoms with Gasteiger partial charge in [-0.3, -0.25) is 28.8 Å². The molecular formula is C28H48N6O9. The van der Waals surface area contributed by atoms with Crippen LogP contribution in [0.1, 0.15) is 80.1 Å². The fourth-order valence-corrected chi connectivity index (χ4v) is 4.80. The minimum atomic E-state index is -1.53. The summed E-state index contributed by atoms with van der Waals surface area (Å²) in [5.74, 6) is -5.92. The van der Waals surface area contributed by atoms with Crippen LogP contribution in [0.25, 0.3) is 0 Å². The number of carboxylic acids is 1. The third kappa shape index (κ3) is 11.8. The maximum Gasteiger partial charge on any atom is 0.326 e. The van der Waals surface area contributed by atoms with Gasteiger partial charge in [-0.1, -0.05) is 34.1 Å². The molecule has 0 radical (unpaired) electrons. The number of hydrogen-bond donors (Lipinski definition) is 7. The van der Waals surface area contributed by atoms with Crippen LogP contribution in [0, 0.1) is 11.8 Å². The summed E-state index contributed by atoms with van der Waals surface area (Å²) in [6, 6.07) is -6.06. The van der Waals surface area contributed by atoms with Crippen molar-refractivity contribution in [2.24, 2.45) is 17.6 Å². The molecule has 0 saturated carbocycles. The number of nitrogens with one attached hydrogen (secondary N) is 4. The monoisotopic (exact) mass is 612 g/mol. The second kappa shape index (κ2) is 17.4. The van der Waals surface area contributed by atoms with Crippen molar-refractivity contribution in [2.75, 3.05) is 6.54 Å². The number of carboxylic acid groups (broad SMARTS) is 1. The zero-order valence-electron chi connectivity index (χ0n) is 25.8. The van der Waals surface area contributed by atoms with Crippen LogP contribution in [-0.2, 0) is 33.6 Å². The Morgan fingerprint density at radius 2 is 1.47 bits per heavy atom. The molecule has 15 heteroatoms. The normalized spacial score (nSPS) is 18.9. The van der Waals surface area contributed by atoms with Crippen molar-refractivity contribution in [1.82, 2.24) is 26.2 Å². The van der Waals surface area contributed by atoms with Gasteiger partial charge < -0.3 is 42.1 Å². The Bertz CT molecular complexity index is 1030. The highest BCUT2D eigenvalue weighted by Gasteiger charge is 2.37. The number of aliphatic hydroxyl groups excluding tert-OH is 1. The molecule has 1 aliphatic rings. The van der Waals surface area contributed by atoms with Crippen LogP contribution in [0.3, 0.4) is 0 Å². The van der Waals surface area contributed by atoms with Gasteiger partial charge in [0.05, 0.1) is 6.10 Å². The maximum absolute atomic E-state index is 13.4. The molecule has 1 saturated heterocycles. The van der Waals surface area contributed by atoms with Gasteiger partial charge in [-0.2, -0.15) is 0 Å². The minimum absolute atomic E-state index is 0.0619. The topological polar surface area (TPSA) is 237 Å². The number of carbonyl (C=O) groups excluding carboxylic acids is 6. The Hall–Kier alpha value is -3.75. The van der Waals surface area contributed by atoms with E-state index in [-0.39, 0.29) is 31.1 Å². The first kappa shape index (κ1) is 37.3. The molecule has 1 rings (SSSR count). The van der Waals surface area contributed by atoms with Crippen LogP contribution < -0.4 is 27.0 Å².